The van der Waals surface area contributed by atoms with E-state index < -0.39 is 16.0 Å². The predicted octanol–water partition coefficient (Wildman–Crippen LogP) is 1.58. The van der Waals surface area contributed by atoms with E-state index in [2.05, 4.69) is 5.32 Å². The predicted molar refractivity (Wildman–Crippen MR) is 90.6 cm³/mol. The van der Waals surface area contributed by atoms with Gasteiger partial charge in [0.15, 0.2) is 0 Å². The number of rotatable bonds is 4. The molecule has 6 nitrogen and oxygen atoms in total. The molecule has 8 heteroatoms. The zero-order valence-corrected chi connectivity index (χ0v) is 15.2. The monoisotopic (exact) mass is 362 g/mol. The van der Waals surface area contributed by atoms with Gasteiger partial charge in [-0.2, -0.15) is 4.31 Å². The number of piperazine rings is 1. The second-order valence-electron chi connectivity index (χ2n) is 5.37. The van der Waals surface area contributed by atoms with E-state index in [-0.39, 0.29) is 35.5 Å². The van der Waals surface area contributed by atoms with Gasteiger partial charge in [-0.25, -0.2) is 13.2 Å². The highest BCUT2D eigenvalue weighted by Crippen LogP contribution is 2.24. The fourth-order valence-electron chi connectivity index (χ4n) is 2.53. The van der Waals surface area contributed by atoms with Gasteiger partial charge in [0.25, 0.3) is 0 Å². The van der Waals surface area contributed by atoms with Crippen molar-refractivity contribution in [3.8, 4) is 0 Å². The molecule has 0 spiro atoms. The van der Waals surface area contributed by atoms with Crippen LogP contribution in [0.25, 0.3) is 0 Å². The standard InChI is InChI=1S/C15H22N2O4S.ClH/c1-4-21-15(18)13-6-5-11(2)14(9-13)22(19,20)17-8-7-16-10-12(17)3;/h5-6,9,12,16H,4,7-8,10H2,1-3H3;1H. The lowest BCUT2D eigenvalue weighted by Gasteiger charge is -2.33. The Morgan fingerprint density at radius 1 is 1.43 bits per heavy atom. The van der Waals surface area contributed by atoms with Crippen LogP contribution in [0.15, 0.2) is 23.1 Å². The van der Waals surface area contributed by atoms with E-state index in [1.807, 2.05) is 6.92 Å². The fraction of sp³-hybridized carbons (Fsp3) is 0.533. The normalized spacial score (nSPS) is 19.0. The van der Waals surface area contributed by atoms with Gasteiger partial charge < -0.3 is 10.1 Å². The number of nitrogens with one attached hydrogen (secondary N) is 1. The van der Waals surface area contributed by atoms with Crippen molar-refractivity contribution in [3.05, 3.63) is 29.3 Å². The second kappa shape index (κ2) is 8.10. The third kappa shape index (κ3) is 4.23. The van der Waals surface area contributed by atoms with Crippen molar-refractivity contribution >= 4 is 28.4 Å². The lowest BCUT2D eigenvalue weighted by atomic mass is 10.1. The van der Waals surface area contributed by atoms with Crippen LogP contribution in [-0.4, -0.2) is 51.0 Å². The largest absolute Gasteiger partial charge is 0.462 e. The summed E-state index contributed by atoms with van der Waals surface area (Å²) < 4.78 is 32.2. The smallest absolute Gasteiger partial charge is 0.338 e. The molecule has 1 heterocycles. The van der Waals surface area contributed by atoms with Crippen LogP contribution >= 0.6 is 12.4 Å². The van der Waals surface area contributed by atoms with Gasteiger partial charge in [-0.3, -0.25) is 0 Å². The average Bonchev–Trinajstić information content (AvgIpc) is 2.48. The molecule has 1 unspecified atom stereocenters. The highest BCUT2D eigenvalue weighted by Gasteiger charge is 2.32. The SMILES string of the molecule is CCOC(=O)c1ccc(C)c(S(=O)(=O)N2CCNCC2C)c1.Cl. The molecule has 1 N–H and O–H groups in total. The van der Waals surface area contributed by atoms with Gasteiger partial charge in [0.1, 0.15) is 0 Å². The van der Waals surface area contributed by atoms with Crippen LogP contribution in [-0.2, 0) is 14.8 Å². The number of carbonyl (C=O) groups excluding carboxylic acids is 1. The third-order valence-electron chi connectivity index (χ3n) is 3.73. The second-order valence-corrected chi connectivity index (χ2v) is 7.23. The van der Waals surface area contributed by atoms with Gasteiger partial charge in [-0.1, -0.05) is 6.07 Å². The Morgan fingerprint density at radius 3 is 2.74 bits per heavy atom. The summed E-state index contributed by atoms with van der Waals surface area (Å²) in [5.74, 6) is -0.507. The van der Waals surface area contributed by atoms with Crippen molar-refractivity contribution in [2.24, 2.45) is 0 Å². The maximum absolute atomic E-state index is 12.9. The molecule has 0 bridgehead atoms. The maximum Gasteiger partial charge on any atom is 0.338 e. The molecule has 1 aromatic carbocycles. The molecule has 1 fully saturated rings. The van der Waals surface area contributed by atoms with Gasteiger partial charge in [-0.15, -0.1) is 12.4 Å². The summed E-state index contributed by atoms with van der Waals surface area (Å²) in [7, 11) is -3.63. The number of hydrogen-bond acceptors (Lipinski definition) is 5. The first-order chi connectivity index (χ1) is 10.4. The molecule has 0 radical (unpaired) electrons. The molecule has 130 valence electrons. The lowest BCUT2D eigenvalue weighted by Crippen LogP contribution is -2.52. The van der Waals surface area contributed by atoms with Crippen LogP contribution in [0, 0.1) is 6.92 Å². The highest BCUT2D eigenvalue weighted by molar-refractivity contribution is 7.89. The van der Waals surface area contributed by atoms with E-state index >= 15 is 0 Å². The van der Waals surface area contributed by atoms with Crippen molar-refractivity contribution in [1.29, 1.82) is 0 Å². The Kier molecular flexibility index (Phi) is 7.01. The van der Waals surface area contributed by atoms with E-state index in [0.717, 1.165) is 0 Å². The zero-order chi connectivity index (χ0) is 16.3. The Hall–Kier alpha value is -1.15. The molecule has 1 aromatic rings. The molecule has 0 aliphatic carbocycles. The van der Waals surface area contributed by atoms with Crippen LogP contribution in [0.2, 0.25) is 0 Å². The molecule has 1 aliphatic heterocycles. The van der Waals surface area contributed by atoms with Crippen molar-refractivity contribution < 1.29 is 17.9 Å². The van der Waals surface area contributed by atoms with E-state index in [1.54, 1.807) is 26.0 Å². The summed E-state index contributed by atoms with van der Waals surface area (Å²) in [6, 6.07) is 4.53. The minimum Gasteiger partial charge on any atom is -0.462 e. The molecule has 2 rings (SSSR count). The number of benzene rings is 1. The number of halogens is 1. The first kappa shape index (κ1) is 19.9. The first-order valence-corrected chi connectivity index (χ1v) is 8.82. The Bertz CT molecular complexity index is 663. The zero-order valence-electron chi connectivity index (χ0n) is 13.5. The van der Waals surface area contributed by atoms with Crippen molar-refractivity contribution in [3.63, 3.8) is 0 Å². The summed E-state index contributed by atoms with van der Waals surface area (Å²) in [5.41, 5.74) is 0.882. The summed E-state index contributed by atoms with van der Waals surface area (Å²) in [4.78, 5) is 12.0. The molecule has 1 atom stereocenters. The number of nitrogens with zero attached hydrogens (tertiary/aromatic N) is 1. The van der Waals surface area contributed by atoms with E-state index in [0.29, 0.717) is 25.2 Å². The molecule has 1 aliphatic rings. The Balaban J connectivity index is 0.00000264. The number of esters is 1. The average molecular weight is 363 g/mol. The molecule has 0 amide bonds. The topological polar surface area (TPSA) is 75.7 Å². The van der Waals surface area contributed by atoms with Gasteiger partial charge in [-0.05, 0) is 38.5 Å². The van der Waals surface area contributed by atoms with Crippen molar-refractivity contribution in [1.82, 2.24) is 9.62 Å². The molecule has 0 aromatic heterocycles. The van der Waals surface area contributed by atoms with E-state index in [1.165, 1.54) is 10.4 Å². The number of sulfonamides is 1. The van der Waals surface area contributed by atoms with Gasteiger partial charge in [0.2, 0.25) is 10.0 Å². The fourth-order valence-corrected chi connectivity index (χ4v) is 4.41. The van der Waals surface area contributed by atoms with Crippen LogP contribution in [0.1, 0.15) is 29.8 Å². The number of ether oxygens (including phenoxy) is 1. The number of hydrogen-bond donors (Lipinski definition) is 1. The summed E-state index contributed by atoms with van der Waals surface area (Å²) >= 11 is 0. The van der Waals surface area contributed by atoms with E-state index in [4.69, 9.17) is 4.74 Å². The van der Waals surface area contributed by atoms with Gasteiger partial charge in [0, 0.05) is 25.7 Å². The van der Waals surface area contributed by atoms with Crippen LogP contribution in [0.3, 0.4) is 0 Å². The molecule has 0 saturated carbocycles. The number of carbonyl (C=O) groups is 1. The molecule has 23 heavy (non-hydrogen) atoms. The maximum atomic E-state index is 12.9. The van der Waals surface area contributed by atoms with Crippen LogP contribution < -0.4 is 5.32 Å². The molecule has 1 saturated heterocycles. The Morgan fingerprint density at radius 2 is 2.13 bits per heavy atom. The van der Waals surface area contributed by atoms with Crippen LogP contribution in [0.4, 0.5) is 0 Å². The number of aryl methyl sites for hydroxylation is 1. The summed E-state index contributed by atoms with van der Waals surface area (Å²) in [5, 5.41) is 3.17. The Labute approximate surface area is 143 Å². The van der Waals surface area contributed by atoms with Crippen molar-refractivity contribution in [2.45, 2.75) is 31.7 Å². The first-order valence-electron chi connectivity index (χ1n) is 7.38. The van der Waals surface area contributed by atoms with Gasteiger partial charge >= 0.3 is 5.97 Å². The summed E-state index contributed by atoms with van der Waals surface area (Å²) in [6.07, 6.45) is 0. The lowest BCUT2D eigenvalue weighted by molar-refractivity contribution is 0.0526. The van der Waals surface area contributed by atoms with E-state index in [9.17, 15) is 13.2 Å². The highest BCUT2D eigenvalue weighted by atomic mass is 35.5. The minimum atomic E-state index is -3.63. The van der Waals surface area contributed by atoms with Crippen molar-refractivity contribution in [2.75, 3.05) is 26.2 Å². The quantitative estimate of drug-likeness (QED) is 0.823. The molecular weight excluding hydrogens is 340 g/mol. The minimum absolute atomic E-state index is 0. The van der Waals surface area contributed by atoms with Crippen LogP contribution in [0.5, 0.6) is 0 Å². The molecular formula is C15H23ClN2O4S. The van der Waals surface area contributed by atoms with Gasteiger partial charge in [0.05, 0.1) is 17.1 Å². The summed E-state index contributed by atoms with van der Waals surface area (Å²) in [6.45, 7) is 7.24. The third-order valence-corrected chi connectivity index (χ3v) is 5.88.